The van der Waals surface area contributed by atoms with E-state index in [9.17, 15) is 4.79 Å². The normalized spacial score (nSPS) is 9.71. The van der Waals surface area contributed by atoms with E-state index in [4.69, 9.17) is 4.42 Å². The van der Waals surface area contributed by atoms with Gasteiger partial charge in [0.05, 0.1) is 6.26 Å². The predicted molar refractivity (Wildman–Crippen MR) is 54.9 cm³/mol. The molecule has 0 saturated carbocycles. The van der Waals surface area contributed by atoms with E-state index in [0.29, 0.717) is 19.4 Å². The first-order chi connectivity index (χ1) is 6.83. The second kappa shape index (κ2) is 6.02. The lowest BCUT2D eigenvalue weighted by atomic mass is 10.2. The maximum atomic E-state index is 11.2. The molecule has 0 unspecified atom stereocenters. The summed E-state index contributed by atoms with van der Waals surface area (Å²) < 4.78 is 5.11. The van der Waals surface area contributed by atoms with Gasteiger partial charge in [0, 0.05) is 19.4 Å². The number of aryl methyl sites for hydroxylation is 1. The molecule has 1 N–H and O–H groups in total. The van der Waals surface area contributed by atoms with Crippen LogP contribution in [0.25, 0.3) is 0 Å². The molecule has 0 bridgehead atoms. The van der Waals surface area contributed by atoms with Crippen LogP contribution < -0.4 is 5.32 Å². The molecule has 0 aliphatic rings. The van der Waals surface area contributed by atoms with Gasteiger partial charge in [-0.2, -0.15) is 0 Å². The lowest BCUT2D eigenvalue weighted by molar-refractivity contribution is -0.121. The number of rotatable bonds is 6. The molecule has 3 nitrogen and oxygen atoms in total. The minimum Gasteiger partial charge on any atom is -0.469 e. The average molecular weight is 193 g/mol. The SMILES string of the molecule is C=CCCNC(=O)CCc1ccco1. The molecule has 0 spiro atoms. The number of hydrogen-bond donors (Lipinski definition) is 1. The van der Waals surface area contributed by atoms with Crippen LogP contribution in [-0.4, -0.2) is 12.5 Å². The largest absolute Gasteiger partial charge is 0.469 e. The molecule has 0 aliphatic carbocycles. The second-order valence-electron chi connectivity index (χ2n) is 3.01. The van der Waals surface area contributed by atoms with Crippen molar-refractivity contribution >= 4 is 5.91 Å². The third kappa shape index (κ3) is 3.94. The third-order valence-corrected chi connectivity index (χ3v) is 1.85. The monoisotopic (exact) mass is 193 g/mol. The van der Waals surface area contributed by atoms with E-state index < -0.39 is 0 Å². The van der Waals surface area contributed by atoms with Gasteiger partial charge in [0.15, 0.2) is 0 Å². The average Bonchev–Trinajstić information content (AvgIpc) is 2.68. The summed E-state index contributed by atoms with van der Waals surface area (Å²) in [5, 5.41) is 2.79. The van der Waals surface area contributed by atoms with Crippen LogP contribution in [-0.2, 0) is 11.2 Å². The van der Waals surface area contributed by atoms with Crippen molar-refractivity contribution in [2.75, 3.05) is 6.54 Å². The first kappa shape index (κ1) is 10.6. The Bertz CT molecular complexity index is 277. The van der Waals surface area contributed by atoms with Crippen LogP contribution in [0, 0.1) is 0 Å². The summed E-state index contributed by atoms with van der Waals surface area (Å²) in [6, 6.07) is 3.70. The fraction of sp³-hybridized carbons (Fsp3) is 0.364. The van der Waals surface area contributed by atoms with E-state index in [2.05, 4.69) is 11.9 Å². The first-order valence-electron chi connectivity index (χ1n) is 4.73. The molecular weight excluding hydrogens is 178 g/mol. The lowest BCUT2D eigenvalue weighted by Crippen LogP contribution is -2.24. The molecule has 1 amide bonds. The molecule has 0 saturated heterocycles. The van der Waals surface area contributed by atoms with Gasteiger partial charge in [-0.3, -0.25) is 4.79 Å². The number of hydrogen-bond acceptors (Lipinski definition) is 2. The Morgan fingerprint density at radius 3 is 3.14 bits per heavy atom. The van der Waals surface area contributed by atoms with Crippen LogP contribution >= 0.6 is 0 Å². The molecule has 1 aromatic heterocycles. The predicted octanol–water partition coefficient (Wildman–Crippen LogP) is 1.90. The zero-order valence-corrected chi connectivity index (χ0v) is 8.16. The highest BCUT2D eigenvalue weighted by Gasteiger charge is 2.02. The van der Waals surface area contributed by atoms with Gasteiger partial charge in [-0.1, -0.05) is 6.08 Å². The maximum Gasteiger partial charge on any atom is 0.220 e. The summed E-state index contributed by atoms with van der Waals surface area (Å²) in [6.45, 7) is 4.25. The summed E-state index contributed by atoms with van der Waals surface area (Å²) in [7, 11) is 0. The van der Waals surface area contributed by atoms with Crippen molar-refractivity contribution in [3.05, 3.63) is 36.8 Å². The van der Waals surface area contributed by atoms with E-state index in [1.54, 1.807) is 12.3 Å². The van der Waals surface area contributed by atoms with Crippen LogP contribution in [0.4, 0.5) is 0 Å². The molecule has 0 aliphatic heterocycles. The smallest absolute Gasteiger partial charge is 0.220 e. The highest BCUT2D eigenvalue weighted by Crippen LogP contribution is 2.02. The van der Waals surface area contributed by atoms with Gasteiger partial charge < -0.3 is 9.73 Å². The molecule has 1 heterocycles. The van der Waals surface area contributed by atoms with Crippen molar-refractivity contribution in [2.45, 2.75) is 19.3 Å². The molecule has 0 radical (unpaired) electrons. The Kier molecular flexibility index (Phi) is 4.55. The molecule has 76 valence electrons. The lowest BCUT2D eigenvalue weighted by Gasteiger charge is -2.01. The molecule has 1 rings (SSSR count). The van der Waals surface area contributed by atoms with Gasteiger partial charge in [0.1, 0.15) is 5.76 Å². The number of nitrogens with one attached hydrogen (secondary N) is 1. The maximum absolute atomic E-state index is 11.2. The van der Waals surface area contributed by atoms with E-state index in [-0.39, 0.29) is 5.91 Å². The van der Waals surface area contributed by atoms with Crippen molar-refractivity contribution in [1.82, 2.24) is 5.32 Å². The van der Waals surface area contributed by atoms with E-state index in [1.807, 2.05) is 12.1 Å². The molecule has 0 fully saturated rings. The minimum absolute atomic E-state index is 0.0586. The van der Waals surface area contributed by atoms with E-state index in [0.717, 1.165) is 12.2 Å². The fourth-order valence-electron chi connectivity index (χ4n) is 1.09. The Balaban J connectivity index is 2.12. The van der Waals surface area contributed by atoms with Crippen molar-refractivity contribution < 1.29 is 9.21 Å². The van der Waals surface area contributed by atoms with Crippen LogP contribution in [0.2, 0.25) is 0 Å². The highest BCUT2D eigenvalue weighted by molar-refractivity contribution is 5.76. The van der Waals surface area contributed by atoms with Gasteiger partial charge in [-0.25, -0.2) is 0 Å². The topological polar surface area (TPSA) is 42.2 Å². The molecule has 14 heavy (non-hydrogen) atoms. The molecular formula is C11H15NO2. The summed E-state index contributed by atoms with van der Waals surface area (Å²) in [5.41, 5.74) is 0. The second-order valence-corrected chi connectivity index (χ2v) is 3.01. The molecule has 3 heteroatoms. The first-order valence-corrected chi connectivity index (χ1v) is 4.73. The number of furan rings is 1. The fourth-order valence-corrected chi connectivity index (χ4v) is 1.09. The zero-order chi connectivity index (χ0) is 10.2. The quantitative estimate of drug-likeness (QED) is 0.554. The Labute approximate surface area is 83.8 Å². The Morgan fingerprint density at radius 1 is 1.64 bits per heavy atom. The van der Waals surface area contributed by atoms with Crippen molar-refractivity contribution in [2.24, 2.45) is 0 Å². The number of amides is 1. The molecule has 1 aromatic rings. The van der Waals surface area contributed by atoms with Crippen LogP contribution in [0.5, 0.6) is 0 Å². The van der Waals surface area contributed by atoms with Gasteiger partial charge in [0.2, 0.25) is 5.91 Å². The zero-order valence-electron chi connectivity index (χ0n) is 8.16. The number of carbonyl (C=O) groups is 1. The van der Waals surface area contributed by atoms with Gasteiger partial charge in [-0.15, -0.1) is 6.58 Å². The van der Waals surface area contributed by atoms with Crippen LogP contribution in [0.1, 0.15) is 18.6 Å². The van der Waals surface area contributed by atoms with Gasteiger partial charge >= 0.3 is 0 Å². The van der Waals surface area contributed by atoms with Gasteiger partial charge in [0.25, 0.3) is 0 Å². The van der Waals surface area contributed by atoms with Crippen molar-refractivity contribution in [3.8, 4) is 0 Å². The van der Waals surface area contributed by atoms with Crippen molar-refractivity contribution in [1.29, 1.82) is 0 Å². The van der Waals surface area contributed by atoms with Crippen LogP contribution in [0.3, 0.4) is 0 Å². The summed E-state index contributed by atoms with van der Waals surface area (Å²) in [5.74, 6) is 0.909. The minimum atomic E-state index is 0.0586. The number of carbonyl (C=O) groups excluding carboxylic acids is 1. The van der Waals surface area contributed by atoms with Crippen LogP contribution in [0.15, 0.2) is 35.5 Å². The third-order valence-electron chi connectivity index (χ3n) is 1.85. The Morgan fingerprint density at radius 2 is 2.50 bits per heavy atom. The standard InChI is InChI=1S/C11H15NO2/c1-2-3-8-12-11(13)7-6-10-5-4-9-14-10/h2,4-5,9H,1,3,6-8H2,(H,12,13). The van der Waals surface area contributed by atoms with E-state index >= 15 is 0 Å². The Hall–Kier alpha value is -1.51. The summed E-state index contributed by atoms with van der Waals surface area (Å²) in [6.07, 6.45) is 5.35. The highest BCUT2D eigenvalue weighted by atomic mass is 16.3. The summed E-state index contributed by atoms with van der Waals surface area (Å²) >= 11 is 0. The van der Waals surface area contributed by atoms with E-state index in [1.165, 1.54) is 0 Å². The molecule has 0 aromatic carbocycles. The molecule has 0 atom stereocenters. The summed E-state index contributed by atoms with van der Waals surface area (Å²) in [4.78, 5) is 11.2. The van der Waals surface area contributed by atoms with Crippen molar-refractivity contribution in [3.63, 3.8) is 0 Å². The van der Waals surface area contributed by atoms with Gasteiger partial charge in [-0.05, 0) is 18.6 Å².